The van der Waals surface area contributed by atoms with E-state index in [-0.39, 0.29) is 50.2 Å². The molecule has 0 radical (unpaired) electrons. The second-order valence-electron chi connectivity index (χ2n) is 29.7. The molecule has 0 spiro atoms. The summed E-state index contributed by atoms with van der Waals surface area (Å²) in [5, 5.41) is 1.90. The molecule has 668 valence electrons. The predicted octanol–water partition coefficient (Wildman–Crippen LogP) is 18.6. The standard InChI is InChI=1S/C22H26O5.C17H26O6Si3.C15H26O4Si3.C15H16O4.2C13H16O2/c1-6-17(5)25-15-22(9-4,16-26-19(23)7-2)21(27-20(24)8-3)18-13-11-10-12-14-18;1-8-16(18)20-24(3,4)22-26(7,15-13-11-10-12-14-15)23-25(5,6)21-17(19)9-2;1-8-15(16)17-21(5,6)19-22(7,18-20(2,3)4)14-12-10-9-11-13-14;1-3-14(16)18-10-13(11-19-15(17)4-2)12-8-6-5-7-9-12;1-3-7-11(2)13(14)15-10-12-8-5-4-6-9-12;1-3-11(10-15-13(14)4-2)12-8-6-5-7-9-12/h6-8,10-14,21H,1-3,5,9,15-16H2,4H3;8-14H,1-2H2,3-7H3;8-13H,1H2,2-7H3;3-9,13H,1-2,10-11H2;4-6,8-9H,2-3,7,10H2,1H3;4-9,11H,2-3,10H2,1H3. The van der Waals surface area contributed by atoms with Crippen molar-refractivity contribution in [2.45, 2.75) is 143 Å². The fourth-order valence-corrected chi connectivity index (χ4v) is 33.9. The van der Waals surface area contributed by atoms with Crippen molar-refractivity contribution in [3.8, 4) is 0 Å². The van der Waals surface area contributed by atoms with E-state index >= 15 is 0 Å². The lowest BCUT2D eigenvalue weighted by molar-refractivity contribution is -0.164. The molecule has 29 heteroatoms. The van der Waals surface area contributed by atoms with Crippen LogP contribution in [-0.2, 0) is 113 Å². The van der Waals surface area contributed by atoms with Gasteiger partial charge in [0.25, 0.3) is 0 Å². The molecule has 0 aliphatic heterocycles. The molecule has 6 aromatic rings. The van der Waals surface area contributed by atoms with Crippen LogP contribution in [0.15, 0.2) is 320 Å². The van der Waals surface area contributed by atoms with E-state index in [9.17, 15) is 43.2 Å². The van der Waals surface area contributed by atoms with Gasteiger partial charge in [0.15, 0.2) is 8.32 Å². The van der Waals surface area contributed by atoms with Gasteiger partial charge in [0.05, 0.1) is 17.9 Å². The summed E-state index contributed by atoms with van der Waals surface area (Å²) >= 11 is 0. The van der Waals surface area contributed by atoms with Crippen molar-refractivity contribution in [2.24, 2.45) is 5.41 Å². The number of ether oxygens (including phenoxy) is 7. The molecule has 4 unspecified atom stereocenters. The van der Waals surface area contributed by atoms with Crippen LogP contribution in [-0.4, -0.2) is 138 Å². The van der Waals surface area contributed by atoms with Crippen molar-refractivity contribution in [2.75, 3.05) is 33.0 Å². The third kappa shape index (κ3) is 45.1. The highest BCUT2D eigenvalue weighted by molar-refractivity contribution is 6.94. The number of carbonyl (C=O) groups excluding carboxylic acids is 9. The summed E-state index contributed by atoms with van der Waals surface area (Å²) in [6, 6.07) is 57.7. The smallest absolute Gasteiger partial charge is 0.387 e. The highest BCUT2D eigenvalue weighted by atomic mass is 28.5. The SMILES string of the molecule is C=C(CCC)C(=O)OCc1ccccc1.C=CC(=C)OCC(CC)(COC(=O)C=C)C(OC(=O)C=C)c1ccccc1.C=CC(=O)OCC(CC)c1ccccc1.C=CC(=O)OCC(COC(=O)C=C)c1ccccc1.C=CC(=O)O[Si](C)(C)O[Si](C)(O[Si](C)(C)C)c1ccccc1.C=CC(=O)O[Si](C)(C)O[Si](C)(O[Si](C)(C)OC(=O)C=C)c1ccccc1. The molecular weight excluding hydrogens is 1680 g/mol. The summed E-state index contributed by atoms with van der Waals surface area (Å²) in [5.41, 5.74) is 3.57. The van der Waals surface area contributed by atoms with E-state index in [0.717, 1.165) is 76.4 Å². The molecule has 0 aromatic heterocycles. The van der Waals surface area contributed by atoms with E-state index in [1.54, 1.807) is 26.2 Å². The summed E-state index contributed by atoms with van der Waals surface area (Å²) in [5.74, 6) is -3.92. The van der Waals surface area contributed by atoms with Gasteiger partial charge < -0.3 is 62.9 Å². The van der Waals surface area contributed by atoms with Gasteiger partial charge in [-0.15, -0.1) is 0 Å². The zero-order valence-corrected chi connectivity index (χ0v) is 80.5. The van der Waals surface area contributed by atoms with Crippen LogP contribution in [0, 0.1) is 5.41 Å². The molecule has 0 aliphatic carbocycles. The fourth-order valence-electron chi connectivity index (χ4n) is 11.2. The van der Waals surface area contributed by atoms with Crippen molar-refractivity contribution in [3.63, 3.8) is 0 Å². The Labute approximate surface area is 740 Å². The zero-order valence-electron chi connectivity index (χ0n) is 74.5. The minimum atomic E-state index is -3.06. The van der Waals surface area contributed by atoms with Crippen molar-refractivity contribution in [1.29, 1.82) is 0 Å². The summed E-state index contributed by atoms with van der Waals surface area (Å²) in [6.07, 6.45) is 12.7. The van der Waals surface area contributed by atoms with Crippen LogP contribution in [0.3, 0.4) is 0 Å². The van der Waals surface area contributed by atoms with Crippen molar-refractivity contribution in [3.05, 3.63) is 343 Å². The van der Waals surface area contributed by atoms with Crippen LogP contribution in [0.5, 0.6) is 0 Å². The second-order valence-corrected chi connectivity index (χ2v) is 51.1. The Kier molecular flexibility index (Phi) is 51.7. The Balaban J connectivity index is 0.000000754. The first-order valence-electron chi connectivity index (χ1n) is 40.0. The highest BCUT2D eigenvalue weighted by Crippen LogP contribution is 2.42. The van der Waals surface area contributed by atoms with E-state index in [0.29, 0.717) is 37.4 Å². The number of rotatable bonds is 45. The van der Waals surface area contributed by atoms with Gasteiger partial charge in [0.2, 0.25) is 0 Å². The normalized spacial score (nSPS) is 12.2. The molecule has 0 heterocycles. The van der Waals surface area contributed by atoms with E-state index in [4.69, 9.17) is 62.9 Å². The van der Waals surface area contributed by atoms with Gasteiger partial charge in [0, 0.05) is 60.1 Å². The maximum absolute atomic E-state index is 12.0. The summed E-state index contributed by atoms with van der Waals surface area (Å²) in [7, 11) is -16.0. The van der Waals surface area contributed by atoms with Gasteiger partial charge in [-0.25, -0.2) is 43.2 Å². The molecule has 0 aliphatic rings. The van der Waals surface area contributed by atoms with Crippen molar-refractivity contribution in [1.82, 2.24) is 0 Å². The van der Waals surface area contributed by atoms with Crippen LogP contribution < -0.4 is 10.4 Å². The lowest BCUT2D eigenvalue weighted by atomic mass is 9.77. The van der Waals surface area contributed by atoms with Crippen LogP contribution in [0.1, 0.15) is 86.6 Å². The molecule has 124 heavy (non-hydrogen) atoms. The maximum Gasteiger partial charge on any atom is 0.387 e. The largest absolute Gasteiger partial charge is 0.493 e. The van der Waals surface area contributed by atoms with Crippen LogP contribution >= 0.6 is 0 Å². The molecule has 4 atom stereocenters. The minimum Gasteiger partial charge on any atom is -0.493 e. The molecule has 0 saturated heterocycles. The predicted molar refractivity (Wildman–Crippen MR) is 501 cm³/mol. The third-order valence-electron chi connectivity index (χ3n) is 17.0. The van der Waals surface area contributed by atoms with Gasteiger partial charge >= 0.3 is 96.5 Å². The lowest BCUT2D eigenvalue weighted by Gasteiger charge is -2.38. The number of benzene rings is 6. The number of hydrogen-bond acceptors (Lipinski definition) is 23. The van der Waals surface area contributed by atoms with Crippen LogP contribution in [0.2, 0.25) is 72.0 Å². The van der Waals surface area contributed by atoms with Crippen LogP contribution in [0.4, 0.5) is 0 Å². The van der Waals surface area contributed by atoms with Gasteiger partial charge in [-0.1, -0.05) is 282 Å². The van der Waals surface area contributed by atoms with E-state index < -0.39 is 104 Å². The highest BCUT2D eigenvalue weighted by Gasteiger charge is 2.50. The van der Waals surface area contributed by atoms with Gasteiger partial charge in [-0.2, -0.15) is 0 Å². The monoisotopic (exact) mass is 1800 g/mol. The quantitative estimate of drug-likeness (QED) is 0.00857. The molecular formula is C95H126O23Si6. The minimum absolute atomic E-state index is 0.0389. The molecule has 6 aromatic carbocycles. The first-order valence-corrected chi connectivity index (χ1v) is 56.5. The average Bonchev–Trinajstić information content (AvgIpc) is 0.781. The number of hydrogen-bond donors (Lipinski definition) is 0. The Morgan fingerprint density at radius 3 is 1.00 bits per heavy atom. The Morgan fingerprint density at radius 2 is 0.669 bits per heavy atom. The van der Waals surface area contributed by atoms with Gasteiger partial charge in [0.1, 0.15) is 44.9 Å². The van der Waals surface area contributed by atoms with E-state index in [1.165, 1.54) is 23.8 Å². The van der Waals surface area contributed by atoms with Crippen LogP contribution in [0.25, 0.3) is 0 Å². The Hall–Kier alpha value is -11.4. The zero-order chi connectivity index (χ0) is 93.6. The Morgan fingerprint density at radius 1 is 0.355 bits per heavy atom. The molecule has 0 fully saturated rings. The number of esters is 6. The Bertz CT molecular complexity index is 4340. The summed E-state index contributed by atoms with van der Waals surface area (Å²) in [4.78, 5) is 103. The maximum atomic E-state index is 12.0. The molecule has 0 N–H and O–H groups in total. The lowest BCUT2D eigenvalue weighted by Crippen LogP contribution is -2.63. The average molecular weight is 1800 g/mol. The van der Waals surface area contributed by atoms with E-state index in [2.05, 4.69) is 111 Å². The topological polar surface area (TPSA) is 283 Å². The third-order valence-corrected chi connectivity index (χ3v) is 36.5. The van der Waals surface area contributed by atoms with E-state index in [1.807, 2.05) is 210 Å². The molecule has 23 nitrogen and oxygen atoms in total. The van der Waals surface area contributed by atoms with Crippen molar-refractivity contribution >= 4 is 115 Å². The molecule has 6 rings (SSSR count). The number of allylic oxidation sites excluding steroid dienone is 1. The number of carbonyl (C=O) groups is 9. The van der Waals surface area contributed by atoms with Crippen molar-refractivity contribution < 1.29 is 106 Å². The summed E-state index contributed by atoms with van der Waals surface area (Å²) < 4.78 is 78.5. The fraction of sp³-hybridized carbons (Fsp3) is 0.295. The molecule has 0 amide bonds. The summed E-state index contributed by atoms with van der Waals surface area (Å²) in [6.45, 7) is 66.3. The van der Waals surface area contributed by atoms with Gasteiger partial charge in [-0.3, -0.25) is 0 Å². The molecule has 0 saturated carbocycles. The first-order chi connectivity index (χ1) is 58.5. The molecule has 0 bridgehead atoms. The first kappa shape index (κ1) is 111. The van der Waals surface area contributed by atoms with Gasteiger partial charge in [-0.05, 0) is 130 Å². The second kappa shape index (κ2) is 57.9.